The molecule has 0 bridgehead atoms. The molecule has 0 aliphatic carbocycles. The molecule has 14 heteroatoms. The molecular formula is C25H32F3NO8S2. The number of ether oxygens (including phenoxy) is 1. The quantitative estimate of drug-likeness (QED) is 0.375. The summed E-state index contributed by atoms with van der Waals surface area (Å²) in [6.07, 6.45) is -1.94. The number of hydrogen-bond acceptors (Lipinski definition) is 7. The maximum atomic E-state index is 13.6. The smallest absolute Gasteiger partial charge is 0.490 e. The molecule has 3 rings (SSSR count). The summed E-state index contributed by atoms with van der Waals surface area (Å²) in [4.78, 5) is 8.97. The maximum Gasteiger partial charge on any atom is 0.490 e. The van der Waals surface area contributed by atoms with Crippen molar-refractivity contribution in [2.24, 2.45) is 0 Å². The Labute approximate surface area is 226 Å². The van der Waals surface area contributed by atoms with Crippen molar-refractivity contribution in [1.29, 1.82) is 0 Å². The summed E-state index contributed by atoms with van der Waals surface area (Å²) in [7, 11) is -6.75. The Kier molecular flexibility index (Phi) is 10.6. The first-order valence-corrected chi connectivity index (χ1v) is 15.3. The van der Waals surface area contributed by atoms with Gasteiger partial charge in [0.05, 0.1) is 23.8 Å². The zero-order chi connectivity index (χ0) is 29.6. The first kappa shape index (κ1) is 32.5. The number of halogens is 3. The number of unbranched alkanes of at least 4 members (excludes halogenated alkanes) is 1. The van der Waals surface area contributed by atoms with Gasteiger partial charge < -0.3 is 9.84 Å². The summed E-state index contributed by atoms with van der Waals surface area (Å²) in [6.45, 7) is 4.06. The van der Waals surface area contributed by atoms with Crippen molar-refractivity contribution in [3.05, 3.63) is 59.2 Å². The molecule has 1 aliphatic rings. The largest absolute Gasteiger partial charge is 0.496 e. The maximum absolute atomic E-state index is 13.6. The van der Waals surface area contributed by atoms with Crippen LogP contribution in [0.2, 0.25) is 0 Å². The SMILES string of the molecule is CCCC[C@]1(CC)CS(=O)(=O)c2cc(CS(=O)(=O)O)c(OC)cc2[C@@H](c2ccccc2)N1.O=C(O)C(F)(F)F. The molecule has 39 heavy (non-hydrogen) atoms. The van der Waals surface area contributed by atoms with Crippen LogP contribution in [0, 0.1) is 0 Å². The number of hydrogen-bond donors (Lipinski definition) is 3. The Balaban J connectivity index is 0.000000673. The first-order valence-electron chi connectivity index (χ1n) is 12.0. The number of alkyl halides is 3. The van der Waals surface area contributed by atoms with Gasteiger partial charge in [-0.3, -0.25) is 9.87 Å². The van der Waals surface area contributed by atoms with Gasteiger partial charge >= 0.3 is 12.1 Å². The van der Waals surface area contributed by atoms with Crippen molar-refractivity contribution >= 4 is 25.9 Å². The molecule has 0 aromatic heterocycles. The van der Waals surface area contributed by atoms with Crippen LogP contribution in [-0.4, -0.2) is 57.0 Å². The summed E-state index contributed by atoms with van der Waals surface area (Å²) in [6, 6.07) is 12.1. The summed E-state index contributed by atoms with van der Waals surface area (Å²) in [5, 5.41) is 10.8. The van der Waals surface area contributed by atoms with Crippen molar-refractivity contribution in [1.82, 2.24) is 5.32 Å². The molecule has 2 aromatic rings. The Morgan fingerprint density at radius 2 is 1.77 bits per heavy atom. The Morgan fingerprint density at radius 3 is 2.23 bits per heavy atom. The molecule has 3 N–H and O–H groups in total. The summed E-state index contributed by atoms with van der Waals surface area (Å²) in [5.74, 6) is -3.36. The van der Waals surface area contributed by atoms with Gasteiger partial charge in [0.25, 0.3) is 10.1 Å². The molecule has 218 valence electrons. The van der Waals surface area contributed by atoms with Crippen molar-refractivity contribution in [3.63, 3.8) is 0 Å². The lowest BCUT2D eigenvalue weighted by Crippen LogP contribution is -2.50. The van der Waals surface area contributed by atoms with Crippen molar-refractivity contribution < 1.29 is 49.2 Å². The average Bonchev–Trinajstić information content (AvgIpc) is 2.94. The van der Waals surface area contributed by atoms with Gasteiger partial charge in [-0.15, -0.1) is 0 Å². The van der Waals surface area contributed by atoms with Crippen molar-refractivity contribution in [2.45, 2.75) is 67.9 Å². The number of carboxylic acid groups (broad SMARTS) is 1. The van der Waals surface area contributed by atoms with E-state index in [0.29, 0.717) is 18.4 Å². The molecule has 0 unspecified atom stereocenters. The van der Waals surface area contributed by atoms with E-state index >= 15 is 0 Å². The van der Waals surface area contributed by atoms with Crippen LogP contribution in [0.5, 0.6) is 5.75 Å². The van der Waals surface area contributed by atoms with Gasteiger partial charge in [-0.1, -0.05) is 57.0 Å². The van der Waals surface area contributed by atoms with E-state index in [0.717, 1.165) is 18.4 Å². The van der Waals surface area contributed by atoms with Crippen LogP contribution < -0.4 is 10.1 Å². The molecule has 0 radical (unpaired) electrons. The lowest BCUT2D eigenvalue weighted by atomic mass is 9.88. The molecule has 9 nitrogen and oxygen atoms in total. The standard InChI is InChI=1S/C23H31NO6S2.C2HF3O2/c1-4-6-12-23(5-2)16-31(25,26)21-13-18(15-32(27,28)29)20(30-3)14-19(21)22(24-23)17-10-8-7-9-11-17;3-2(4,5)1(6)7/h7-11,13-14,22,24H,4-6,12,15-16H2,1-3H3,(H,27,28,29);(H,6,7)/t22-,23-;/m1./s1. The third-order valence-corrected chi connectivity index (χ3v) is 9.01. The van der Waals surface area contributed by atoms with Crippen LogP contribution >= 0.6 is 0 Å². The average molecular weight is 596 g/mol. The summed E-state index contributed by atoms with van der Waals surface area (Å²) >= 11 is 0. The van der Waals surface area contributed by atoms with Gasteiger partial charge in [0.2, 0.25) is 0 Å². The molecule has 1 heterocycles. The van der Waals surface area contributed by atoms with E-state index in [1.165, 1.54) is 13.2 Å². The Hall–Kier alpha value is -2.68. The number of carbonyl (C=O) groups is 1. The number of benzene rings is 2. The Bertz CT molecular complexity index is 1360. The zero-order valence-corrected chi connectivity index (χ0v) is 23.3. The number of aliphatic carboxylic acids is 1. The van der Waals surface area contributed by atoms with Gasteiger partial charge in [0.1, 0.15) is 11.5 Å². The fourth-order valence-electron chi connectivity index (χ4n) is 4.43. The van der Waals surface area contributed by atoms with E-state index in [-0.39, 0.29) is 22.0 Å². The van der Waals surface area contributed by atoms with Crippen LogP contribution in [0.3, 0.4) is 0 Å². The van der Waals surface area contributed by atoms with Crippen LogP contribution in [-0.2, 0) is 30.5 Å². The van der Waals surface area contributed by atoms with Gasteiger partial charge in [-0.05, 0) is 36.1 Å². The monoisotopic (exact) mass is 595 g/mol. The van der Waals surface area contributed by atoms with Crippen LogP contribution in [0.25, 0.3) is 0 Å². The molecule has 0 saturated heterocycles. The van der Waals surface area contributed by atoms with E-state index in [2.05, 4.69) is 12.2 Å². The molecule has 0 spiro atoms. The van der Waals surface area contributed by atoms with Gasteiger partial charge in [-0.2, -0.15) is 21.6 Å². The highest BCUT2D eigenvalue weighted by molar-refractivity contribution is 7.91. The molecule has 2 atom stereocenters. The fraction of sp³-hybridized carbons (Fsp3) is 0.480. The minimum atomic E-state index is -5.08. The number of nitrogens with one attached hydrogen (secondary N) is 1. The number of rotatable bonds is 8. The zero-order valence-electron chi connectivity index (χ0n) is 21.7. The highest BCUT2D eigenvalue weighted by Gasteiger charge is 2.42. The third kappa shape index (κ3) is 8.65. The van der Waals surface area contributed by atoms with Crippen molar-refractivity contribution in [2.75, 3.05) is 12.9 Å². The van der Waals surface area contributed by atoms with Gasteiger partial charge in [-0.25, -0.2) is 13.2 Å². The topological polar surface area (TPSA) is 147 Å². The van der Waals surface area contributed by atoms with E-state index < -0.39 is 49.4 Å². The minimum absolute atomic E-state index is 0.0742. The van der Waals surface area contributed by atoms with Crippen molar-refractivity contribution in [3.8, 4) is 5.75 Å². The fourth-order valence-corrected chi connectivity index (χ4v) is 7.22. The van der Waals surface area contributed by atoms with Crippen LogP contribution in [0.15, 0.2) is 47.4 Å². The van der Waals surface area contributed by atoms with Gasteiger partial charge in [0.15, 0.2) is 9.84 Å². The second-order valence-electron chi connectivity index (χ2n) is 9.22. The molecule has 0 amide bonds. The lowest BCUT2D eigenvalue weighted by Gasteiger charge is -2.36. The number of methoxy groups -OCH3 is 1. The third-order valence-electron chi connectivity index (χ3n) is 6.37. The minimum Gasteiger partial charge on any atom is -0.496 e. The van der Waals surface area contributed by atoms with E-state index in [9.17, 15) is 34.6 Å². The predicted molar refractivity (Wildman–Crippen MR) is 138 cm³/mol. The normalized spacial score (nSPS) is 20.6. The summed E-state index contributed by atoms with van der Waals surface area (Å²) in [5.41, 5.74) is 0.899. The molecule has 0 saturated carbocycles. The second kappa shape index (κ2) is 12.7. The Morgan fingerprint density at radius 1 is 1.18 bits per heavy atom. The van der Waals surface area contributed by atoms with E-state index in [1.807, 2.05) is 37.3 Å². The molecule has 1 aliphatic heterocycles. The van der Waals surface area contributed by atoms with Crippen LogP contribution in [0.1, 0.15) is 62.3 Å². The lowest BCUT2D eigenvalue weighted by molar-refractivity contribution is -0.192. The first-order chi connectivity index (χ1) is 18.0. The number of fused-ring (bicyclic) bond motifs is 1. The molecular weight excluding hydrogens is 563 g/mol. The predicted octanol–water partition coefficient (Wildman–Crippen LogP) is 4.52. The van der Waals surface area contributed by atoms with Gasteiger partial charge in [0, 0.05) is 11.1 Å². The highest BCUT2D eigenvalue weighted by atomic mass is 32.2. The van der Waals surface area contributed by atoms with Crippen LogP contribution in [0.4, 0.5) is 13.2 Å². The van der Waals surface area contributed by atoms with E-state index in [1.54, 1.807) is 6.07 Å². The second-order valence-corrected chi connectivity index (χ2v) is 12.6. The number of carboxylic acids is 1. The molecule has 2 aromatic carbocycles. The molecule has 0 fully saturated rings. The highest BCUT2D eigenvalue weighted by Crippen LogP contribution is 2.41. The van der Waals surface area contributed by atoms with E-state index in [4.69, 9.17) is 14.6 Å². The number of sulfone groups is 1. The summed E-state index contributed by atoms with van der Waals surface area (Å²) < 4.78 is 96.9.